The first-order valence-corrected chi connectivity index (χ1v) is 20.4. The number of hydrogen-bond donors (Lipinski definition) is 1. The summed E-state index contributed by atoms with van der Waals surface area (Å²) in [6.45, 7) is 12.0. The van der Waals surface area contributed by atoms with E-state index in [0.717, 1.165) is 25.7 Å². The lowest BCUT2D eigenvalue weighted by molar-refractivity contribution is -0.152. The van der Waals surface area contributed by atoms with E-state index in [-0.39, 0.29) is 31.6 Å². The van der Waals surface area contributed by atoms with Crippen LogP contribution in [-0.2, 0) is 19.1 Å². The van der Waals surface area contributed by atoms with Gasteiger partial charge in [-0.3, -0.25) is 9.59 Å². The van der Waals surface area contributed by atoms with Gasteiger partial charge in [-0.15, -0.1) is 0 Å². The number of aliphatic hydroxyl groups is 1. The van der Waals surface area contributed by atoms with Gasteiger partial charge < -0.3 is 14.6 Å². The molecule has 0 fully saturated rings. The zero-order valence-corrected chi connectivity index (χ0v) is 32.5. The molecule has 1 atom stereocenters. The zero-order valence-electron chi connectivity index (χ0n) is 32.5. The molecule has 0 aromatic rings. The van der Waals surface area contributed by atoms with Crippen molar-refractivity contribution in [1.29, 1.82) is 0 Å². The fourth-order valence-electron chi connectivity index (χ4n) is 5.26. The highest BCUT2D eigenvalue weighted by Gasteiger charge is 2.11. The largest absolute Gasteiger partial charge is 0.463 e. The summed E-state index contributed by atoms with van der Waals surface area (Å²) in [7, 11) is 0. The van der Waals surface area contributed by atoms with Crippen LogP contribution in [0.3, 0.4) is 0 Å². The third kappa shape index (κ3) is 46.6. The standard InChI is InChI=1S/C38H70O5.2C2H6/c1-3-5-7-9-11-12-13-14-15-16-17-18-19-20-21-22-23-24-25-26-27-29-31-33-38(41)43-35-36(39)34-42-37(40)32-30-28-10-8-6-4-2;2*1-2/h4,6,10,28,36,39H,3,5,7-9,11-27,29-35H2,1-2H3;2*1-2H3/b6-4-,28-10-;;. The summed E-state index contributed by atoms with van der Waals surface area (Å²) in [5, 5.41) is 9.90. The van der Waals surface area contributed by atoms with Crippen molar-refractivity contribution < 1.29 is 24.2 Å². The van der Waals surface area contributed by atoms with Crippen LogP contribution in [0.25, 0.3) is 0 Å². The molecular weight excluding hydrogens is 584 g/mol. The maximum Gasteiger partial charge on any atom is 0.306 e. The fourth-order valence-corrected chi connectivity index (χ4v) is 5.26. The Kier molecular flexibility index (Phi) is 49.2. The highest BCUT2D eigenvalue weighted by Crippen LogP contribution is 2.15. The Balaban J connectivity index is -0.00000464. The number of carbonyl (C=O) groups excluding carboxylic acids is 2. The van der Waals surface area contributed by atoms with Gasteiger partial charge in [0.25, 0.3) is 0 Å². The topological polar surface area (TPSA) is 72.8 Å². The molecule has 0 bridgehead atoms. The summed E-state index contributed by atoms with van der Waals surface area (Å²) in [6, 6.07) is 0. The number of allylic oxidation sites excluding steroid dienone is 4. The van der Waals surface area contributed by atoms with Crippen molar-refractivity contribution in [1.82, 2.24) is 0 Å². The lowest BCUT2D eigenvalue weighted by Crippen LogP contribution is -2.25. The Bertz CT molecular complexity index is 657. The molecule has 0 saturated heterocycles. The van der Waals surface area contributed by atoms with E-state index in [9.17, 15) is 14.7 Å². The molecule has 0 aromatic carbocycles. The smallest absolute Gasteiger partial charge is 0.306 e. The zero-order chi connectivity index (χ0) is 35.5. The molecule has 0 aliphatic rings. The first kappa shape index (κ1) is 49.8. The van der Waals surface area contributed by atoms with Crippen LogP contribution in [0.4, 0.5) is 0 Å². The third-order valence-electron chi connectivity index (χ3n) is 8.05. The summed E-state index contributed by atoms with van der Waals surface area (Å²) >= 11 is 0. The Morgan fingerprint density at radius 1 is 0.511 bits per heavy atom. The maximum atomic E-state index is 11.9. The van der Waals surface area contributed by atoms with Gasteiger partial charge in [0.05, 0.1) is 0 Å². The fraction of sp³-hybridized carbons (Fsp3) is 0.857. The number of ether oxygens (including phenoxy) is 2. The average molecular weight is 667 g/mol. The Hall–Kier alpha value is -1.62. The van der Waals surface area contributed by atoms with E-state index >= 15 is 0 Å². The molecule has 0 radical (unpaired) electrons. The second kappa shape index (κ2) is 46.5. The quantitative estimate of drug-likeness (QED) is 0.0429. The number of rotatable bonds is 33. The summed E-state index contributed by atoms with van der Waals surface area (Å²) in [6.07, 6.45) is 40.2. The van der Waals surface area contributed by atoms with E-state index in [1.165, 1.54) is 128 Å². The van der Waals surface area contributed by atoms with Crippen molar-refractivity contribution in [2.24, 2.45) is 0 Å². The molecule has 1 unspecified atom stereocenters. The Morgan fingerprint density at radius 3 is 1.21 bits per heavy atom. The number of hydrogen-bond acceptors (Lipinski definition) is 5. The molecule has 0 spiro atoms. The van der Waals surface area contributed by atoms with Crippen LogP contribution in [0, 0.1) is 0 Å². The number of aliphatic hydroxyl groups excluding tert-OH is 1. The monoisotopic (exact) mass is 667 g/mol. The Morgan fingerprint density at radius 2 is 0.851 bits per heavy atom. The summed E-state index contributed by atoms with van der Waals surface area (Å²) in [5.74, 6) is -0.647. The lowest BCUT2D eigenvalue weighted by Gasteiger charge is -2.12. The minimum Gasteiger partial charge on any atom is -0.463 e. The number of carbonyl (C=O) groups is 2. The van der Waals surface area contributed by atoms with Crippen molar-refractivity contribution in [2.45, 2.75) is 221 Å². The summed E-state index contributed by atoms with van der Waals surface area (Å²) < 4.78 is 10.2. The van der Waals surface area contributed by atoms with Gasteiger partial charge in [0.15, 0.2) is 0 Å². The molecule has 47 heavy (non-hydrogen) atoms. The normalized spacial score (nSPS) is 11.6. The van der Waals surface area contributed by atoms with Gasteiger partial charge in [-0.1, -0.05) is 200 Å². The van der Waals surface area contributed by atoms with Gasteiger partial charge >= 0.3 is 11.9 Å². The van der Waals surface area contributed by atoms with Crippen LogP contribution in [-0.4, -0.2) is 36.4 Å². The van der Waals surface area contributed by atoms with Crippen molar-refractivity contribution in [2.75, 3.05) is 13.2 Å². The lowest BCUT2D eigenvalue weighted by atomic mass is 10.0. The molecular formula is C42H82O5. The van der Waals surface area contributed by atoms with E-state index in [4.69, 9.17) is 9.47 Å². The molecule has 5 heteroatoms. The minimum atomic E-state index is -0.979. The first-order chi connectivity index (χ1) is 23.1. The van der Waals surface area contributed by atoms with E-state index < -0.39 is 6.10 Å². The highest BCUT2D eigenvalue weighted by molar-refractivity contribution is 5.70. The molecule has 0 aromatic heterocycles. The van der Waals surface area contributed by atoms with Gasteiger partial charge in [0.1, 0.15) is 19.3 Å². The molecule has 0 saturated carbocycles. The van der Waals surface area contributed by atoms with E-state index in [1.54, 1.807) is 0 Å². The number of unbranched alkanes of at least 4 members (excludes halogenated alkanes) is 22. The van der Waals surface area contributed by atoms with Crippen LogP contribution in [0.15, 0.2) is 24.3 Å². The van der Waals surface area contributed by atoms with Crippen LogP contribution in [0.1, 0.15) is 215 Å². The van der Waals surface area contributed by atoms with Crippen LogP contribution >= 0.6 is 0 Å². The molecule has 5 nitrogen and oxygen atoms in total. The predicted molar refractivity (Wildman–Crippen MR) is 205 cm³/mol. The Labute approximate surface area is 294 Å². The van der Waals surface area contributed by atoms with Gasteiger partial charge in [-0.05, 0) is 26.2 Å². The van der Waals surface area contributed by atoms with E-state index in [0.29, 0.717) is 12.8 Å². The average Bonchev–Trinajstić information content (AvgIpc) is 3.10. The van der Waals surface area contributed by atoms with Gasteiger partial charge in [-0.25, -0.2) is 0 Å². The maximum absolute atomic E-state index is 11.9. The summed E-state index contributed by atoms with van der Waals surface area (Å²) in [4.78, 5) is 23.6. The van der Waals surface area contributed by atoms with Gasteiger partial charge in [0.2, 0.25) is 0 Å². The van der Waals surface area contributed by atoms with E-state index in [1.807, 2.05) is 58.9 Å². The molecule has 0 heterocycles. The molecule has 280 valence electrons. The second-order valence-corrected chi connectivity index (χ2v) is 12.4. The molecule has 0 aliphatic heterocycles. The third-order valence-corrected chi connectivity index (χ3v) is 8.05. The van der Waals surface area contributed by atoms with Crippen molar-refractivity contribution >= 4 is 11.9 Å². The highest BCUT2D eigenvalue weighted by atomic mass is 16.6. The molecule has 0 amide bonds. The molecule has 0 aliphatic carbocycles. The second-order valence-electron chi connectivity index (χ2n) is 12.4. The molecule has 1 N–H and O–H groups in total. The van der Waals surface area contributed by atoms with Gasteiger partial charge in [-0.2, -0.15) is 0 Å². The molecule has 0 rings (SSSR count). The van der Waals surface area contributed by atoms with E-state index in [2.05, 4.69) is 6.92 Å². The van der Waals surface area contributed by atoms with Crippen LogP contribution in [0.5, 0.6) is 0 Å². The SMILES string of the molecule is C/C=C\C/C=C\CCC(=O)OCC(O)COC(=O)CCCCCCCCCCCCCCCCCCCCCCCCC.CC.CC. The first-order valence-electron chi connectivity index (χ1n) is 20.4. The predicted octanol–water partition coefficient (Wildman–Crippen LogP) is 13.2. The van der Waals surface area contributed by atoms with Crippen LogP contribution < -0.4 is 0 Å². The van der Waals surface area contributed by atoms with Crippen molar-refractivity contribution in [3.05, 3.63) is 24.3 Å². The summed E-state index contributed by atoms with van der Waals surface area (Å²) in [5.41, 5.74) is 0. The van der Waals surface area contributed by atoms with Crippen molar-refractivity contribution in [3.8, 4) is 0 Å². The van der Waals surface area contributed by atoms with Crippen LogP contribution in [0.2, 0.25) is 0 Å². The minimum absolute atomic E-state index is 0.130. The van der Waals surface area contributed by atoms with Gasteiger partial charge in [0, 0.05) is 12.8 Å². The number of esters is 2. The van der Waals surface area contributed by atoms with Crippen molar-refractivity contribution in [3.63, 3.8) is 0 Å².